The standard InChI is InChI=1S/C11H19NO2/c1-6-8-7-11(8,5)12-9(13)14-10(2,3)4/h6,8H,1,7H2,2-5H3,(H,12,13). The first-order valence-corrected chi connectivity index (χ1v) is 4.90. The number of alkyl carbamates (subject to hydrolysis) is 1. The van der Waals surface area contributed by atoms with Crippen LogP contribution in [0.2, 0.25) is 0 Å². The minimum Gasteiger partial charge on any atom is -0.444 e. The molecule has 0 saturated heterocycles. The molecular formula is C11H19NO2. The topological polar surface area (TPSA) is 38.3 Å². The molecule has 1 aliphatic rings. The van der Waals surface area contributed by atoms with Crippen molar-refractivity contribution in [1.29, 1.82) is 0 Å². The smallest absolute Gasteiger partial charge is 0.408 e. The number of amides is 1. The van der Waals surface area contributed by atoms with Gasteiger partial charge in [0.1, 0.15) is 5.60 Å². The van der Waals surface area contributed by atoms with Crippen LogP contribution in [0.1, 0.15) is 34.1 Å². The number of carbonyl (C=O) groups excluding carboxylic acids is 1. The van der Waals surface area contributed by atoms with Gasteiger partial charge in [0.05, 0.1) is 0 Å². The van der Waals surface area contributed by atoms with Gasteiger partial charge in [-0.2, -0.15) is 0 Å². The van der Waals surface area contributed by atoms with Crippen molar-refractivity contribution in [2.75, 3.05) is 0 Å². The van der Waals surface area contributed by atoms with Gasteiger partial charge in [0, 0.05) is 11.5 Å². The van der Waals surface area contributed by atoms with E-state index in [2.05, 4.69) is 11.9 Å². The highest BCUT2D eigenvalue weighted by atomic mass is 16.6. The van der Waals surface area contributed by atoms with Crippen LogP contribution in [0, 0.1) is 5.92 Å². The Hall–Kier alpha value is -0.990. The molecule has 0 aromatic carbocycles. The monoisotopic (exact) mass is 197 g/mol. The zero-order chi connectivity index (χ0) is 11.0. The van der Waals surface area contributed by atoms with Gasteiger partial charge in [-0.25, -0.2) is 4.79 Å². The molecule has 0 spiro atoms. The Bertz CT molecular complexity index is 255. The van der Waals surface area contributed by atoms with E-state index in [1.807, 2.05) is 33.8 Å². The third kappa shape index (κ3) is 2.76. The Balaban J connectivity index is 2.39. The summed E-state index contributed by atoms with van der Waals surface area (Å²) < 4.78 is 5.16. The van der Waals surface area contributed by atoms with Crippen molar-refractivity contribution in [3.05, 3.63) is 12.7 Å². The summed E-state index contributed by atoms with van der Waals surface area (Å²) in [5, 5.41) is 2.86. The Morgan fingerprint density at radius 3 is 2.57 bits per heavy atom. The van der Waals surface area contributed by atoms with E-state index in [0.717, 1.165) is 6.42 Å². The summed E-state index contributed by atoms with van der Waals surface area (Å²) in [5.74, 6) is 0.384. The molecule has 0 heterocycles. The van der Waals surface area contributed by atoms with Crippen molar-refractivity contribution in [3.63, 3.8) is 0 Å². The van der Waals surface area contributed by atoms with Gasteiger partial charge >= 0.3 is 6.09 Å². The van der Waals surface area contributed by atoms with Crippen LogP contribution in [0.3, 0.4) is 0 Å². The van der Waals surface area contributed by atoms with E-state index in [1.165, 1.54) is 0 Å². The van der Waals surface area contributed by atoms with Crippen LogP contribution >= 0.6 is 0 Å². The molecule has 1 aliphatic carbocycles. The zero-order valence-corrected chi connectivity index (χ0v) is 9.39. The van der Waals surface area contributed by atoms with Gasteiger partial charge < -0.3 is 10.1 Å². The van der Waals surface area contributed by atoms with Crippen molar-refractivity contribution < 1.29 is 9.53 Å². The molecule has 1 saturated carbocycles. The average molecular weight is 197 g/mol. The van der Waals surface area contributed by atoms with Crippen molar-refractivity contribution >= 4 is 6.09 Å². The second kappa shape index (κ2) is 3.30. The lowest BCUT2D eigenvalue weighted by molar-refractivity contribution is 0.0499. The first-order valence-electron chi connectivity index (χ1n) is 4.90. The largest absolute Gasteiger partial charge is 0.444 e. The summed E-state index contributed by atoms with van der Waals surface area (Å²) in [6.45, 7) is 11.3. The number of nitrogens with one attached hydrogen (secondary N) is 1. The Kier molecular flexibility index (Phi) is 2.61. The molecule has 0 aromatic heterocycles. The Morgan fingerprint density at radius 1 is 1.64 bits per heavy atom. The third-order valence-corrected chi connectivity index (χ3v) is 2.37. The second-order valence-corrected chi connectivity index (χ2v) is 5.09. The van der Waals surface area contributed by atoms with Crippen molar-refractivity contribution in [3.8, 4) is 0 Å². The summed E-state index contributed by atoms with van der Waals surface area (Å²) in [5.41, 5.74) is -0.566. The Labute approximate surface area is 85.5 Å². The predicted octanol–water partition coefficient (Wildman–Crippen LogP) is 2.48. The molecule has 3 nitrogen and oxygen atoms in total. The highest BCUT2D eigenvalue weighted by molar-refractivity contribution is 5.69. The maximum absolute atomic E-state index is 11.4. The minimum atomic E-state index is -0.432. The predicted molar refractivity (Wildman–Crippen MR) is 56.1 cm³/mol. The Morgan fingerprint density at radius 2 is 2.21 bits per heavy atom. The molecule has 2 unspecified atom stereocenters. The molecule has 1 fully saturated rings. The first kappa shape index (κ1) is 11.1. The van der Waals surface area contributed by atoms with Crippen LogP contribution in [0.4, 0.5) is 4.79 Å². The molecule has 0 aliphatic heterocycles. The summed E-state index contributed by atoms with van der Waals surface area (Å²) >= 11 is 0. The van der Waals surface area contributed by atoms with Gasteiger partial charge in [-0.3, -0.25) is 0 Å². The quantitative estimate of drug-likeness (QED) is 0.691. The van der Waals surface area contributed by atoms with Crippen LogP contribution in [0.25, 0.3) is 0 Å². The van der Waals surface area contributed by atoms with Gasteiger partial charge in [-0.05, 0) is 34.1 Å². The van der Waals surface area contributed by atoms with E-state index in [0.29, 0.717) is 5.92 Å². The van der Waals surface area contributed by atoms with Gasteiger partial charge in [0.15, 0.2) is 0 Å². The van der Waals surface area contributed by atoms with Crippen LogP contribution < -0.4 is 5.32 Å². The van der Waals surface area contributed by atoms with Crippen molar-refractivity contribution in [2.24, 2.45) is 5.92 Å². The summed E-state index contributed by atoms with van der Waals surface area (Å²) in [6.07, 6.45) is 2.48. The highest BCUT2D eigenvalue weighted by Gasteiger charge is 2.49. The van der Waals surface area contributed by atoms with Gasteiger partial charge in [-0.1, -0.05) is 6.08 Å². The van der Waals surface area contributed by atoms with Gasteiger partial charge in [0.2, 0.25) is 0 Å². The third-order valence-electron chi connectivity index (χ3n) is 2.37. The average Bonchev–Trinajstić information content (AvgIpc) is 2.56. The zero-order valence-electron chi connectivity index (χ0n) is 9.39. The van der Waals surface area contributed by atoms with E-state index in [-0.39, 0.29) is 11.6 Å². The number of rotatable bonds is 2. The molecule has 0 aromatic rings. The fourth-order valence-corrected chi connectivity index (χ4v) is 1.42. The fraction of sp³-hybridized carbons (Fsp3) is 0.727. The van der Waals surface area contributed by atoms with E-state index in [9.17, 15) is 4.79 Å². The molecule has 14 heavy (non-hydrogen) atoms. The molecule has 2 atom stereocenters. The van der Waals surface area contributed by atoms with Crippen molar-refractivity contribution in [1.82, 2.24) is 5.32 Å². The van der Waals surface area contributed by atoms with E-state index >= 15 is 0 Å². The van der Waals surface area contributed by atoms with E-state index in [1.54, 1.807) is 0 Å². The number of hydrogen-bond acceptors (Lipinski definition) is 2. The second-order valence-electron chi connectivity index (χ2n) is 5.09. The van der Waals surface area contributed by atoms with E-state index < -0.39 is 5.60 Å². The molecule has 1 amide bonds. The lowest BCUT2D eigenvalue weighted by atomic mass is 10.2. The molecule has 0 radical (unpaired) electrons. The molecule has 1 N–H and O–H groups in total. The van der Waals surface area contributed by atoms with Crippen LogP contribution in [0.5, 0.6) is 0 Å². The van der Waals surface area contributed by atoms with Gasteiger partial charge in [-0.15, -0.1) is 6.58 Å². The fourth-order valence-electron chi connectivity index (χ4n) is 1.42. The number of carbonyl (C=O) groups is 1. The molecule has 80 valence electrons. The van der Waals surface area contributed by atoms with Crippen LogP contribution in [-0.2, 0) is 4.74 Å². The first-order chi connectivity index (χ1) is 6.27. The number of hydrogen-bond donors (Lipinski definition) is 1. The van der Waals surface area contributed by atoms with E-state index in [4.69, 9.17) is 4.74 Å². The van der Waals surface area contributed by atoms with Gasteiger partial charge in [0.25, 0.3) is 0 Å². The maximum atomic E-state index is 11.4. The molecule has 1 rings (SSSR count). The highest BCUT2D eigenvalue weighted by Crippen LogP contribution is 2.43. The lowest BCUT2D eigenvalue weighted by Crippen LogP contribution is -2.40. The minimum absolute atomic E-state index is 0.135. The molecular weight excluding hydrogens is 178 g/mol. The summed E-state index contributed by atoms with van der Waals surface area (Å²) in [4.78, 5) is 11.4. The van der Waals surface area contributed by atoms with Crippen LogP contribution in [0.15, 0.2) is 12.7 Å². The summed E-state index contributed by atoms with van der Waals surface area (Å²) in [6, 6.07) is 0. The van der Waals surface area contributed by atoms with Crippen LogP contribution in [-0.4, -0.2) is 17.2 Å². The number of ether oxygens (including phenoxy) is 1. The molecule has 3 heteroatoms. The maximum Gasteiger partial charge on any atom is 0.408 e. The summed E-state index contributed by atoms with van der Waals surface area (Å²) in [7, 11) is 0. The molecule has 0 bridgehead atoms. The SMILES string of the molecule is C=CC1CC1(C)NC(=O)OC(C)(C)C. The van der Waals surface area contributed by atoms with Crippen molar-refractivity contribution in [2.45, 2.75) is 45.3 Å². The normalized spacial score (nSPS) is 30.7. The lowest BCUT2D eigenvalue weighted by Gasteiger charge is -2.22.